The van der Waals surface area contributed by atoms with E-state index >= 15 is 0 Å². The largest absolute Gasteiger partial charge is 0.494 e. The number of hydrogen-bond donors (Lipinski definition) is 0. The van der Waals surface area contributed by atoms with Gasteiger partial charge in [-0.1, -0.05) is 19.1 Å². The number of aromatic nitrogens is 5. The highest BCUT2D eigenvalue weighted by molar-refractivity contribution is 6.00. The lowest BCUT2D eigenvalue weighted by Crippen LogP contribution is -2.38. The molecule has 1 amide bonds. The van der Waals surface area contributed by atoms with Gasteiger partial charge in [-0.15, -0.1) is 0 Å². The number of fused-ring (bicyclic) bond motifs is 4. The lowest BCUT2D eigenvalue weighted by molar-refractivity contribution is 0.0696. The number of aryl methyl sites for hydroxylation is 2. The zero-order valence-corrected chi connectivity index (χ0v) is 24.2. The minimum atomic E-state index is 0.0993. The molecule has 8 rings (SSSR count). The van der Waals surface area contributed by atoms with E-state index in [1.54, 1.807) is 7.11 Å². The van der Waals surface area contributed by atoms with Gasteiger partial charge < -0.3 is 18.8 Å². The molecule has 2 unspecified atom stereocenters. The Kier molecular flexibility index (Phi) is 5.40. The van der Waals surface area contributed by atoms with Crippen LogP contribution < -0.4 is 4.74 Å². The summed E-state index contributed by atoms with van der Waals surface area (Å²) in [4.78, 5) is 21.0. The van der Waals surface area contributed by atoms with E-state index in [1.807, 2.05) is 30.1 Å². The molecule has 0 N–H and O–H groups in total. The first-order valence-corrected chi connectivity index (χ1v) is 14.9. The molecule has 8 nitrogen and oxygen atoms in total. The Balaban J connectivity index is 1.25. The number of hydrogen-bond acceptors (Lipinski definition) is 4. The maximum atomic E-state index is 13.7. The highest BCUT2D eigenvalue weighted by Gasteiger charge is 2.46. The number of likely N-dealkylation sites (tertiary alicyclic amines) is 1. The summed E-state index contributed by atoms with van der Waals surface area (Å²) in [6.07, 6.45) is 8.85. The van der Waals surface area contributed by atoms with Crippen molar-refractivity contribution in [3.05, 3.63) is 54.4 Å². The van der Waals surface area contributed by atoms with E-state index in [0.29, 0.717) is 35.1 Å². The van der Waals surface area contributed by atoms with Crippen molar-refractivity contribution < 1.29 is 9.53 Å². The fourth-order valence-electron chi connectivity index (χ4n) is 7.47. The average Bonchev–Trinajstić information content (AvgIpc) is 3.24. The van der Waals surface area contributed by atoms with Gasteiger partial charge in [0.15, 0.2) is 5.82 Å². The highest BCUT2D eigenvalue weighted by atomic mass is 16.5. The van der Waals surface area contributed by atoms with Gasteiger partial charge in [-0.3, -0.25) is 9.48 Å². The van der Waals surface area contributed by atoms with Crippen molar-refractivity contribution >= 4 is 27.8 Å². The van der Waals surface area contributed by atoms with Crippen LogP contribution in [0.2, 0.25) is 0 Å². The first-order chi connectivity index (χ1) is 19.9. The van der Waals surface area contributed by atoms with Crippen LogP contribution in [-0.4, -0.2) is 54.4 Å². The molecule has 3 aromatic heterocycles. The summed E-state index contributed by atoms with van der Waals surface area (Å²) in [7, 11) is 5.68. The number of benzene rings is 2. The summed E-state index contributed by atoms with van der Waals surface area (Å²) in [5.41, 5.74) is 6.94. The van der Waals surface area contributed by atoms with Gasteiger partial charge in [0.1, 0.15) is 11.3 Å². The van der Waals surface area contributed by atoms with Crippen molar-refractivity contribution in [3.8, 4) is 28.4 Å². The van der Waals surface area contributed by atoms with Gasteiger partial charge in [-0.05, 0) is 73.3 Å². The van der Waals surface area contributed by atoms with E-state index in [0.717, 1.165) is 53.2 Å². The Morgan fingerprint density at radius 2 is 1.90 bits per heavy atom. The second-order valence-corrected chi connectivity index (χ2v) is 12.5. The molecule has 3 fully saturated rings. The van der Waals surface area contributed by atoms with Crippen LogP contribution in [0.5, 0.6) is 5.75 Å². The Morgan fingerprint density at radius 1 is 1.05 bits per heavy atom. The first kappa shape index (κ1) is 24.7. The number of rotatable bonds is 6. The van der Waals surface area contributed by atoms with Gasteiger partial charge in [-0.2, -0.15) is 5.10 Å². The summed E-state index contributed by atoms with van der Waals surface area (Å²) in [6.45, 7) is 4.13. The standard InChI is InChI=1S/C33H36N6O2/c1-19-23-9-10-27(19)39(18-23)33(40)24-11-26-31(30(14-24)41-4)37(3)32(35-26)29-13-22-8-7-21(25-15-34-36(2)17-25)12-28(22)38(29)16-20-5-6-20/h7-8,11-15,17,19-20,23,27H,5-6,9-10,16,18H2,1-4H3/t19-,23?,27?/m1/s1. The minimum absolute atomic E-state index is 0.0993. The molecule has 0 radical (unpaired) electrons. The van der Waals surface area contributed by atoms with Crippen LogP contribution in [0.25, 0.3) is 44.6 Å². The molecule has 8 heteroatoms. The Bertz CT molecular complexity index is 1840. The first-order valence-electron chi connectivity index (χ1n) is 14.9. The van der Waals surface area contributed by atoms with Gasteiger partial charge in [0.05, 0.1) is 24.5 Å². The SMILES string of the molecule is COc1cc(C(=O)N2CC3CCC2[C@@H]3C)cc2nc(-c3cc4ccc(-c5cnn(C)c5)cc4n3CC3CC3)n(C)c12. The zero-order valence-electron chi connectivity index (χ0n) is 24.2. The van der Waals surface area contributed by atoms with Crippen LogP contribution in [0.4, 0.5) is 0 Å². The highest BCUT2D eigenvalue weighted by Crippen LogP contribution is 2.44. The number of carbonyl (C=O) groups excluding carboxylic acids is 1. The molecule has 4 heterocycles. The third-order valence-corrected chi connectivity index (χ3v) is 9.99. The van der Waals surface area contributed by atoms with Gasteiger partial charge >= 0.3 is 0 Å². The number of amides is 1. The molecule has 3 atom stereocenters. The number of nitrogens with zero attached hydrogens (tertiary/aromatic N) is 6. The second kappa shape index (κ2) is 8.96. The molecule has 0 spiro atoms. The van der Waals surface area contributed by atoms with Crippen molar-refractivity contribution in [1.29, 1.82) is 0 Å². The Labute approximate surface area is 239 Å². The molecule has 210 valence electrons. The van der Waals surface area contributed by atoms with Gasteiger partial charge in [-0.25, -0.2) is 4.98 Å². The van der Waals surface area contributed by atoms with Crippen molar-refractivity contribution in [1.82, 2.24) is 28.8 Å². The molecule has 3 aliphatic rings. The molecule has 1 aliphatic heterocycles. The van der Waals surface area contributed by atoms with E-state index in [-0.39, 0.29) is 5.91 Å². The van der Waals surface area contributed by atoms with Crippen LogP contribution in [0.3, 0.4) is 0 Å². The molecule has 2 saturated carbocycles. The fraction of sp³-hybridized carbons (Fsp3) is 0.424. The van der Waals surface area contributed by atoms with Crippen LogP contribution in [-0.2, 0) is 20.6 Å². The zero-order chi connectivity index (χ0) is 28.0. The van der Waals surface area contributed by atoms with E-state index in [4.69, 9.17) is 9.72 Å². The lowest BCUT2D eigenvalue weighted by atomic mass is 10.0. The third kappa shape index (κ3) is 3.83. The summed E-state index contributed by atoms with van der Waals surface area (Å²) in [5, 5.41) is 5.57. The van der Waals surface area contributed by atoms with Crippen LogP contribution >= 0.6 is 0 Å². The van der Waals surface area contributed by atoms with Gasteiger partial charge in [0.25, 0.3) is 5.91 Å². The quantitative estimate of drug-likeness (QED) is 0.266. The number of carbonyl (C=O) groups is 1. The van der Waals surface area contributed by atoms with Crippen molar-refractivity contribution in [3.63, 3.8) is 0 Å². The maximum absolute atomic E-state index is 13.7. The predicted molar refractivity (Wildman–Crippen MR) is 160 cm³/mol. The summed E-state index contributed by atoms with van der Waals surface area (Å²) in [6, 6.07) is 13.1. The third-order valence-electron chi connectivity index (χ3n) is 9.99. The lowest BCUT2D eigenvalue weighted by Gasteiger charge is -2.27. The van der Waals surface area contributed by atoms with Gasteiger partial charge in [0, 0.05) is 61.5 Å². The smallest absolute Gasteiger partial charge is 0.254 e. The number of piperidine rings is 1. The van der Waals surface area contributed by atoms with E-state index in [9.17, 15) is 4.79 Å². The molecule has 41 heavy (non-hydrogen) atoms. The summed E-state index contributed by atoms with van der Waals surface area (Å²) >= 11 is 0. The average molecular weight is 549 g/mol. The number of methoxy groups -OCH3 is 1. The molecule has 5 aromatic rings. The second-order valence-electron chi connectivity index (χ2n) is 12.5. The summed E-state index contributed by atoms with van der Waals surface area (Å²) in [5.74, 6) is 3.58. The maximum Gasteiger partial charge on any atom is 0.254 e. The molecule has 2 aromatic carbocycles. The topological polar surface area (TPSA) is 70.1 Å². The number of imidazole rings is 1. The Morgan fingerprint density at radius 3 is 2.59 bits per heavy atom. The molecule has 2 bridgehead atoms. The molecular weight excluding hydrogens is 512 g/mol. The molecule has 1 saturated heterocycles. The fourth-order valence-corrected chi connectivity index (χ4v) is 7.47. The van der Waals surface area contributed by atoms with E-state index < -0.39 is 0 Å². The summed E-state index contributed by atoms with van der Waals surface area (Å²) < 4.78 is 12.3. The predicted octanol–water partition coefficient (Wildman–Crippen LogP) is 5.88. The van der Waals surface area contributed by atoms with Crippen LogP contribution in [0, 0.1) is 17.8 Å². The number of ether oxygens (including phenoxy) is 1. The van der Waals surface area contributed by atoms with E-state index in [1.165, 1.54) is 30.2 Å². The van der Waals surface area contributed by atoms with Crippen LogP contribution in [0.1, 0.15) is 43.0 Å². The normalized spacial score (nSPS) is 22.0. The van der Waals surface area contributed by atoms with E-state index in [2.05, 4.69) is 63.6 Å². The molecule has 2 aliphatic carbocycles. The van der Waals surface area contributed by atoms with Crippen LogP contribution in [0.15, 0.2) is 48.8 Å². The van der Waals surface area contributed by atoms with Crippen molar-refractivity contribution in [2.75, 3.05) is 13.7 Å². The molecular formula is C33H36N6O2. The van der Waals surface area contributed by atoms with Gasteiger partial charge in [0.2, 0.25) is 0 Å². The Hall–Kier alpha value is -4.07. The minimum Gasteiger partial charge on any atom is -0.494 e. The monoisotopic (exact) mass is 548 g/mol. The van der Waals surface area contributed by atoms with Crippen molar-refractivity contribution in [2.24, 2.45) is 31.8 Å². The van der Waals surface area contributed by atoms with Crippen molar-refractivity contribution in [2.45, 2.75) is 45.2 Å².